The molecule has 0 saturated carbocycles. The summed E-state index contributed by atoms with van der Waals surface area (Å²) < 4.78 is 3.35. The van der Waals surface area contributed by atoms with Crippen LogP contribution in [0.2, 0.25) is 0 Å². The minimum Gasteiger partial charge on any atom is -0.351 e. The van der Waals surface area contributed by atoms with Crippen LogP contribution in [-0.4, -0.2) is 14.7 Å². The second-order valence-corrected chi connectivity index (χ2v) is 9.27. The summed E-state index contributed by atoms with van der Waals surface area (Å²) in [5.41, 5.74) is 6.82. The third kappa shape index (κ3) is 3.63. The smallest absolute Gasteiger partial charge is 0.174 e. The molecule has 160 valence electrons. The molecule has 0 aliphatic carbocycles. The lowest BCUT2D eigenvalue weighted by atomic mass is 9.96. The lowest BCUT2D eigenvalue weighted by Crippen LogP contribution is -2.29. The van der Waals surface area contributed by atoms with E-state index in [4.69, 9.17) is 12.2 Å². The van der Waals surface area contributed by atoms with E-state index in [-0.39, 0.29) is 12.1 Å². The first kappa shape index (κ1) is 20.9. The Labute approximate surface area is 202 Å². The standard InChI is InChI=1S/C26H23BrN4S/c1-17-16-22(18(2)30(17)20-8-4-3-5-9-20)25-24(23-10-6-7-15-28-23)29-26(32)31(25)21-13-11-19(27)12-14-21/h3-16,24-25H,1-2H3,(H,29,32). The summed E-state index contributed by atoms with van der Waals surface area (Å²) in [5.74, 6) is 0. The maximum atomic E-state index is 5.85. The highest BCUT2D eigenvalue weighted by Crippen LogP contribution is 2.43. The number of aromatic nitrogens is 2. The predicted octanol–water partition coefficient (Wildman–Crippen LogP) is 6.43. The predicted molar refractivity (Wildman–Crippen MR) is 137 cm³/mol. The fourth-order valence-corrected chi connectivity index (χ4v) is 5.22. The van der Waals surface area contributed by atoms with E-state index in [2.05, 4.69) is 110 Å². The number of nitrogens with one attached hydrogen (secondary N) is 1. The van der Waals surface area contributed by atoms with Crippen LogP contribution in [0.3, 0.4) is 0 Å². The Balaban J connectivity index is 1.68. The molecule has 6 heteroatoms. The zero-order chi connectivity index (χ0) is 22.2. The largest absolute Gasteiger partial charge is 0.351 e. The van der Waals surface area contributed by atoms with Crippen molar-refractivity contribution in [2.75, 3.05) is 4.90 Å². The average molecular weight is 503 g/mol. The van der Waals surface area contributed by atoms with Crippen molar-refractivity contribution in [2.24, 2.45) is 0 Å². The number of benzene rings is 2. The van der Waals surface area contributed by atoms with Gasteiger partial charge in [-0.05, 0) is 86.2 Å². The molecule has 5 rings (SSSR count). The van der Waals surface area contributed by atoms with Crippen LogP contribution >= 0.6 is 28.1 Å². The quantitative estimate of drug-likeness (QED) is 0.326. The molecule has 0 amide bonds. The van der Waals surface area contributed by atoms with Crippen LogP contribution in [0, 0.1) is 13.8 Å². The Kier molecular flexibility index (Phi) is 5.57. The molecular formula is C26H23BrN4S. The van der Waals surface area contributed by atoms with Gasteiger partial charge in [0.2, 0.25) is 0 Å². The molecule has 0 radical (unpaired) electrons. The van der Waals surface area contributed by atoms with Gasteiger partial charge in [-0.1, -0.05) is 40.2 Å². The van der Waals surface area contributed by atoms with Gasteiger partial charge in [-0.25, -0.2) is 0 Å². The second kappa shape index (κ2) is 8.52. The number of hydrogen-bond donors (Lipinski definition) is 1. The highest BCUT2D eigenvalue weighted by molar-refractivity contribution is 9.10. The van der Waals surface area contributed by atoms with E-state index in [0.717, 1.165) is 21.5 Å². The van der Waals surface area contributed by atoms with Crippen LogP contribution in [-0.2, 0) is 0 Å². The molecule has 2 aromatic carbocycles. The Bertz CT molecular complexity index is 1250. The van der Waals surface area contributed by atoms with Crippen molar-refractivity contribution in [3.8, 4) is 5.69 Å². The van der Waals surface area contributed by atoms with E-state index < -0.39 is 0 Å². The van der Waals surface area contributed by atoms with Gasteiger partial charge >= 0.3 is 0 Å². The number of para-hydroxylation sites is 1. The van der Waals surface area contributed by atoms with Gasteiger partial charge in [0, 0.05) is 33.4 Å². The van der Waals surface area contributed by atoms with Gasteiger partial charge in [-0.15, -0.1) is 0 Å². The fraction of sp³-hybridized carbons (Fsp3) is 0.154. The Morgan fingerprint density at radius 3 is 2.31 bits per heavy atom. The molecule has 1 saturated heterocycles. The molecule has 2 unspecified atom stereocenters. The Hall–Kier alpha value is -2.96. The Morgan fingerprint density at radius 2 is 1.62 bits per heavy atom. The molecule has 4 nitrogen and oxygen atoms in total. The minimum atomic E-state index is -0.0583. The highest BCUT2D eigenvalue weighted by Gasteiger charge is 2.42. The molecular weight excluding hydrogens is 480 g/mol. The molecule has 1 aliphatic heterocycles. The summed E-state index contributed by atoms with van der Waals surface area (Å²) in [6.07, 6.45) is 1.84. The first-order valence-electron chi connectivity index (χ1n) is 10.5. The fourth-order valence-electron chi connectivity index (χ4n) is 4.61. The molecule has 3 heterocycles. The number of rotatable bonds is 4. The number of halogens is 1. The van der Waals surface area contributed by atoms with E-state index in [1.807, 2.05) is 24.4 Å². The number of nitrogens with zero attached hydrogens (tertiary/aromatic N) is 3. The maximum Gasteiger partial charge on any atom is 0.174 e. The Morgan fingerprint density at radius 1 is 0.906 bits per heavy atom. The van der Waals surface area contributed by atoms with Gasteiger partial charge in [0.25, 0.3) is 0 Å². The number of anilines is 1. The summed E-state index contributed by atoms with van der Waals surface area (Å²) in [6, 6.07) is 27.0. The minimum absolute atomic E-state index is 0.0257. The summed E-state index contributed by atoms with van der Waals surface area (Å²) in [4.78, 5) is 6.89. The van der Waals surface area contributed by atoms with Crippen molar-refractivity contribution >= 4 is 38.9 Å². The zero-order valence-electron chi connectivity index (χ0n) is 17.9. The molecule has 0 bridgehead atoms. The van der Waals surface area contributed by atoms with Gasteiger partial charge in [0.1, 0.15) is 0 Å². The van der Waals surface area contributed by atoms with Gasteiger partial charge in [-0.3, -0.25) is 4.98 Å². The number of hydrogen-bond acceptors (Lipinski definition) is 2. The van der Waals surface area contributed by atoms with Crippen LogP contribution in [0.5, 0.6) is 0 Å². The van der Waals surface area contributed by atoms with Crippen molar-refractivity contribution in [2.45, 2.75) is 25.9 Å². The van der Waals surface area contributed by atoms with Crippen LogP contribution in [0.15, 0.2) is 89.5 Å². The first-order chi connectivity index (χ1) is 15.5. The van der Waals surface area contributed by atoms with E-state index in [1.54, 1.807) is 0 Å². The van der Waals surface area contributed by atoms with E-state index in [0.29, 0.717) is 5.11 Å². The molecule has 32 heavy (non-hydrogen) atoms. The third-order valence-electron chi connectivity index (χ3n) is 6.01. The topological polar surface area (TPSA) is 33.1 Å². The van der Waals surface area contributed by atoms with Gasteiger partial charge in [0.05, 0.1) is 17.8 Å². The van der Waals surface area contributed by atoms with Crippen LogP contribution in [0.25, 0.3) is 5.69 Å². The van der Waals surface area contributed by atoms with E-state index in [9.17, 15) is 0 Å². The number of pyridine rings is 1. The molecule has 2 atom stereocenters. The summed E-state index contributed by atoms with van der Waals surface area (Å²) >= 11 is 9.40. The SMILES string of the molecule is Cc1cc(C2C(c3ccccn3)NC(=S)N2c2ccc(Br)cc2)c(C)n1-c1ccccc1. The maximum absolute atomic E-state index is 5.85. The van der Waals surface area contributed by atoms with Crippen molar-refractivity contribution in [1.29, 1.82) is 0 Å². The highest BCUT2D eigenvalue weighted by atomic mass is 79.9. The van der Waals surface area contributed by atoms with Crippen molar-refractivity contribution in [3.63, 3.8) is 0 Å². The molecule has 4 aromatic rings. The zero-order valence-corrected chi connectivity index (χ0v) is 20.3. The average Bonchev–Trinajstić information content (AvgIpc) is 3.31. The molecule has 1 N–H and O–H groups in total. The summed E-state index contributed by atoms with van der Waals surface area (Å²) in [7, 11) is 0. The van der Waals surface area contributed by atoms with E-state index in [1.165, 1.54) is 17.0 Å². The summed E-state index contributed by atoms with van der Waals surface area (Å²) in [5, 5.41) is 4.26. The van der Waals surface area contributed by atoms with Crippen LogP contribution in [0.4, 0.5) is 5.69 Å². The molecule has 1 fully saturated rings. The normalized spacial score (nSPS) is 18.1. The van der Waals surface area contributed by atoms with Gasteiger partial charge in [0.15, 0.2) is 5.11 Å². The first-order valence-corrected chi connectivity index (χ1v) is 11.7. The van der Waals surface area contributed by atoms with Crippen molar-refractivity contribution < 1.29 is 0 Å². The number of thiocarbonyl (C=S) groups is 1. The second-order valence-electron chi connectivity index (χ2n) is 7.97. The van der Waals surface area contributed by atoms with Crippen LogP contribution < -0.4 is 10.2 Å². The van der Waals surface area contributed by atoms with E-state index >= 15 is 0 Å². The molecule has 0 spiro atoms. The van der Waals surface area contributed by atoms with Crippen molar-refractivity contribution in [3.05, 3.63) is 112 Å². The van der Waals surface area contributed by atoms with Crippen molar-refractivity contribution in [1.82, 2.24) is 14.9 Å². The van der Waals surface area contributed by atoms with Crippen LogP contribution in [0.1, 0.15) is 34.7 Å². The number of aryl methyl sites for hydroxylation is 1. The lowest BCUT2D eigenvalue weighted by Gasteiger charge is -2.28. The van der Waals surface area contributed by atoms with Gasteiger partial charge in [-0.2, -0.15) is 0 Å². The third-order valence-corrected chi connectivity index (χ3v) is 6.85. The molecule has 1 aliphatic rings. The van der Waals surface area contributed by atoms with Gasteiger partial charge < -0.3 is 14.8 Å². The monoisotopic (exact) mass is 502 g/mol. The summed E-state index contributed by atoms with van der Waals surface area (Å²) in [6.45, 7) is 4.34. The molecule has 2 aromatic heterocycles. The lowest BCUT2D eigenvalue weighted by molar-refractivity contribution is 0.565.